The zero-order chi connectivity index (χ0) is 18.4. The molecule has 3 rings (SSSR count). The highest BCUT2D eigenvalue weighted by molar-refractivity contribution is 9.10. The highest BCUT2D eigenvalue weighted by atomic mass is 79.9. The van der Waals surface area contributed by atoms with Gasteiger partial charge in [0.15, 0.2) is 18.1 Å². The largest absolute Gasteiger partial charge is 0.493 e. The van der Waals surface area contributed by atoms with Gasteiger partial charge in [-0.1, -0.05) is 6.07 Å². The molecule has 1 saturated heterocycles. The second kappa shape index (κ2) is 8.89. The fourth-order valence-electron chi connectivity index (χ4n) is 2.81. The van der Waals surface area contributed by atoms with Crippen molar-refractivity contribution in [3.05, 3.63) is 46.6 Å². The van der Waals surface area contributed by atoms with Gasteiger partial charge in [-0.2, -0.15) is 0 Å². The fourth-order valence-corrected chi connectivity index (χ4v) is 3.05. The van der Waals surface area contributed by atoms with Gasteiger partial charge in [0.1, 0.15) is 5.82 Å². The van der Waals surface area contributed by atoms with Crippen molar-refractivity contribution in [2.75, 3.05) is 32.1 Å². The molecule has 1 aliphatic rings. The number of nitrogens with one attached hydrogen (secondary N) is 1. The Labute approximate surface area is 161 Å². The number of carbonyl (C=O) groups excluding carboxylic acids is 1. The number of halogens is 1. The lowest BCUT2D eigenvalue weighted by Gasteiger charge is -2.17. The van der Waals surface area contributed by atoms with Crippen molar-refractivity contribution in [3.8, 4) is 11.5 Å². The number of nitrogens with zero attached hydrogens (tertiary/aromatic N) is 2. The minimum Gasteiger partial charge on any atom is -0.493 e. The molecule has 1 aromatic carbocycles. The fraction of sp³-hybridized carbons (Fsp3) is 0.368. The lowest BCUT2D eigenvalue weighted by molar-refractivity contribution is -0.132. The van der Waals surface area contributed by atoms with E-state index < -0.39 is 0 Å². The summed E-state index contributed by atoms with van der Waals surface area (Å²) in [5.41, 5.74) is 1.03. The first-order chi connectivity index (χ1) is 12.7. The van der Waals surface area contributed by atoms with Crippen LogP contribution in [0.4, 0.5) is 5.82 Å². The monoisotopic (exact) mass is 419 g/mol. The Morgan fingerprint density at radius 1 is 1.23 bits per heavy atom. The van der Waals surface area contributed by atoms with Crippen LogP contribution in [0.2, 0.25) is 0 Å². The SMILES string of the molecule is COc1cc(CNc2ccc(Br)cn2)ccc1OCC(=O)N1CCCC1. The van der Waals surface area contributed by atoms with Crippen LogP contribution in [0.15, 0.2) is 41.0 Å². The van der Waals surface area contributed by atoms with E-state index in [2.05, 4.69) is 26.2 Å². The van der Waals surface area contributed by atoms with Crippen molar-refractivity contribution in [2.45, 2.75) is 19.4 Å². The van der Waals surface area contributed by atoms with Crippen LogP contribution in [0.1, 0.15) is 18.4 Å². The van der Waals surface area contributed by atoms with E-state index in [1.165, 1.54) is 0 Å². The normalized spacial score (nSPS) is 13.5. The lowest BCUT2D eigenvalue weighted by Crippen LogP contribution is -2.32. The first kappa shape index (κ1) is 18.5. The van der Waals surface area contributed by atoms with Crippen LogP contribution in [0.25, 0.3) is 0 Å². The molecule has 2 heterocycles. The molecule has 0 aliphatic carbocycles. The predicted molar refractivity (Wildman–Crippen MR) is 104 cm³/mol. The van der Waals surface area contributed by atoms with Gasteiger partial charge in [0.05, 0.1) is 7.11 Å². The minimum absolute atomic E-state index is 0.0246. The molecule has 0 spiro atoms. The van der Waals surface area contributed by atoms with E-state index in [1.54, 1.807) is 13.3 Å². The summed E-state index contributed by atoms with van der Waals surface area (Å²) in [5.74, 6) is 2.01. The third-order valence-corrected chi connectivity index (χ3v) is 4.71. The second-order valence-electron chi connectivity index (χ2n) is 6.08. The van der Waals surface area contributed by atoms with Gasteiger partial charge in [-0.3, -0.25) is 4.79 Å². The van der Waals surface area contributed by atoms with E-state index in [4.69, 9.17) is 9.47 Å². The molecule has 6 nitrogen and oxygen atoms in total. The van der Waals surface area contributed by atoms with E-state index in [9.17, 15) is 4.79 Å². The Kier molecular flexibility index (Phi) is 6.33. The summed E-state index contributed by atoms with van der Waals surface area (Å²) in [6, 6.07) is 9.53. The van der Waals surface area contributed by atoms with Crippen molar-refractivity contribution in [1.82, 2.24) is 9.88 Å². The first-order valence-electron chi connectivity index (χ1n) is 8.58. The van der Waals surface area contributed by atoms with Crippen LogP contribution in [-0.4, -0.2) is 42.6 Å². The number of hydrogen-bond acceptors (Lipinski definition) is 5. The molecular weight excluding hydrogens is 398 g/mol. The van der Waals surface area contributed by atoms with E-state index in [1.807, 2.05) is 35.2 Å². The molecule has 1 N–H and O–H groups in total. The molecule has 26 heavy (non-hydrogen) atoms. The number of amides is 1. The molecule has 1 aromatic heterocycles. The number of ether oxygens (including phenoxy) is 2. The molecular formula is C19H22BrN3O3. The maximum Gasteiger partial charge on any atom is 0.260 e. The summed E-state index contributed by atoms with van der Waals surface area (Å²) in [5, 5.41) is 3.26. The van der Waals surface area contributed by atoms with Crippen LogP contribution in [-0.2, 0) is 11.3 Å². The van der Waals surface area contributed by atoms with Gasteiger partial charge in [-0.05, 0) is 58.6 Å². The highest BCUT2D eigenvalue weighted by Crippen LogP contribution is 2.28. The number of likely N-dealkylation sites (tertiary alicyclic amines) is 1. The maximum absolute atomic E-state index is 12.1. The zero-order valence-corrected chi connectivity index (χ0v) is 16.3. The van der Waals surface area contributed by atoms with Gasteiger partial charge in [0, 0.05) is 30.3 Å². The number of hydrogen-bond donors (Lipinski definition) is 1. The molecule has 0 saturated carbocycles. The van der Waals surface area contributed by atoms with Crippen LogP contribution in [0, 0.1) is 0 Å². The van der Waals surface area contributed by atoms with Gasteiger partial charge >= 0.3 is 0 Å². The van der Waals surface area contributed by atoms with Crippen LogP contribution in [0.5, 0.6) is 11.5 Å². The van der Waals surface area contributed by atoms with E-state index in [0.29, 0.717) is 18.0 Å². The summed E-state index contributed by atoms with van der Waals surface area (Å²) in [4.78, 5) is 18.2. The van der Waals surface area contributed by atoms with Crippen LogP contribution in [0.3, 0.4) is 0 Å². The molecule has 1 aliphatic heterocycles. The van der Waals surface area contributed by atoms with Crippen LogP contribution >= 0.6 is 15.9 Å². The van der Waals surface area contributed by atoms with E-state index >= 15 is 0 Å². The summed E-state index contributed by atoms with van der Waals surface area (Å²) in [7, 11) is 1.60. The first-order valence-corrected chi connectivity index (χ1v) is 9.38. The Hall–Kier alpha value is -2.28. The number of benzene rings is 1. The Balaban J connectivity index is 1.57. The second-order valence-corrected chi connectivity index (χ2v) is 6.99. The quantitative estimate of drug-likeness (QED) is 0.744. The summed E-state index contributed by atoms with van der Waals surface area (Å²) in [6.45, 7) is 2.30. The lowest BCUT2D eigenvalue weighted by atomic mass is 10.2. The smallest absolute Gasteiger partial charge is 0.260 e. The third kappa shape index (κ3) is 4.88. The number of aromatic nitrogens is 1. The van der Waals surface area contributed by atoms with Gasteiger partial charge < -0.3 is 19.7 Å². The van der Waals surface area contributed by atoms with E-state index in [-0.39, 0.29) is 12.5 Å². The molecule has 7 heteroatoms. The van der Waals surface area contributed by atoms with Gasteiger partial charge in [0.2, 0.25) is 0 Å². The van der Waals surface area contributed by atoms with Crippen molar-refractivity contribution in [3.63, 3.8) is 0 Å². The van der Waals surface area contributed by atoms with Gasteiger partial charge in [-0.15, -0.1) is 0 Å². The number of methoxy groups -OCH3 is 1. The molecule has 0 bridgehead atoms. The molecule has 138 valence electrons. The number of carbonyl (C=O) groups is 1. The van der Waals surface area contributed by atoms with Crippen molar-refractivity contribution in [2.24, 2.45) is 0 Å². The zero-order valence-electron chi connectivity index (χ0n) is 14.7. The molecule has 1 amide bonds. The van der Waals surface area contributed by atoms with Crippen molar-refractivity contribution in [1.29, 1.82) is 0 Å². The predicted octanol–water partition coefficient (Wildman–Crippen LogP) is 3.47. The van der Waals surface area contributed by atoms with Gasteiger partial charge in [0.25, 0.3) is 5.91 Å². The molecule has 0 radical (unpaired) electrons. The standard InChI is InChI=1S/C19H22BrN3O3/c1-25-17-10-14(11-21-18-7-5-15(20)12-22-18)4-6-16(17)26-13-19(24)23-8-2-3-9-23/h4-7,10,12H,2-3,8-9,11,13H2,1H3,(H,21,22). The highest BCUT2D eigenvalue weighted by Gasteiger charge is 2.18. The van der Waals surface area contributed by atoms with Gasteiger partial charge in [-0.25, -0.2) is 4.98 Å². The molecule has 0 unspecified atom stereocenters. The number of anilines is 1. The Morgan fingerprint density at radius 3 is 2.73 bits per heavy atom. The summed E-state index contributed by atoms with van der Waals surface area (Å²) < 4.78 is 12.0. The number of rotatable bonds is 7. The average Bonchev–Trinajstić information content (AvgIpc) is 3.21. The molecule has 2 aromatic rings. The van der Waals surface area contributed by atoms with Crippen molar-refractivity contribution >= 4 is 27.7 Å². The number of pyridine rings is 1. The van der Waals surface area contributed by atoms with Crippen molar-refractivity contribution < 1.29 is 14.3 Å². The third-order valence-electron chi connectivity index (χ3n) is 4.24. The summed E-state index contributed by atoms with van der Waals surface area (Å²) in [6.07, 6.45) is 3.89. The molecule has 0 atom stereocenters. The average molecular weight is 420 g/mol. The maximum atomic E-state index is 12.1. The minimum atomic E-state index is 0.0246. The van der Waals surface area contributed by atoms with Crippen LogP contribution < -0.4 is 14.8 Å². The Morgan fingerprint density at radius 2 is 2.04 bits per heavy atom. The van der Waals surface area contributed by atoms with E-state index in [0.717, 1.165) is 41.8 Å². The Bertz CT molecular complexity index is 746. The topological polar surface area (TPSA) is 63.7 Å². The summed E-state index contributed by atoms with van der Waals surface area (Å²) >= 11 is 3.37. The molecule has 1 fully saturated rings.